The molecular weight excluding hydrogens is 214 g/mol. The van der Waals surface area contributed by atoms with Crippen LogP contribution in [0.25, 0.3) is 0 Å². The summed E-state index contributed by atoms with van der Waals surface area (Å²) in [4.78, 5) is 0. The Morgan fingerprint density at radius 1 is 1.41 bits per heavy atom. The molecule has 5 heteroatoms. The third-order valence-corrected chi connectivity index (χ3v) is 2.98. The summed E-state index contributed by atoms with van der Waals surface area (Å²) < 4.78 is 3.75. The minimum absolute atomic E-state index is 0.152. The van der Waals surface area contributed by atoms with Gasteiger partial charge in [-0.1, -0.05) is 6.92 Å². The van der Waals surface area contributed by atoms with Crippen LogP contribution < -0.4 is 5.73 Å². The molecule has 0 aromatic carbocycles. The van der Waals surface area contributed by atoms with Gasteiger partial charge in [0, 0.05) is 31.5 Å². The Balaban J connectivity index is 2.39. The van der Waals surface area contributed by atoms with Gasteiger partial charge in [-0.15, -0.1) is 0 Å². The highest BCUT2D eigenvalue weighted by atomic mass is 15.3. The Bertz CT molecular complexity index is 497. The van der Waals surface area contributed by atoms with Crippen molar-refractivity contribution in [2.24, 2.45) is 12.8 Å². The molecule has 17 heavy (non-hydrogen) atoms. The van der Waals surface area contributed by atoms with Crippen LogP contribution in [0.3, 0.4) is 0 Å². The van der Waals surface area contributed by atoms with Gasteiger partial charge in [-0.3, -0.25) is 9.36 Å². The Morgan fingerprint density at radius 2 is 2.18 bits per heavy atom. The number of rotatable bonds is 4. The van der Waals surface area contributed by atoms with E-state index >= 15 is 0 Å². The van der Waals surface area contributed by atoms with Crippen LogP contribution in [0, 0.1) is 0 Å². The largest absolute Gasteiger partial charge is 0.319 e. The van der Waals surface area contributed by atoms with Gasteiger partial charge in [-0.25, -0.2) is 0 Å². The van der Waals surface area contributed by atoms with Crippen LogP contribution in [0.5, 0.6) is 0 Å². The number of hydrogen-bond acceptors (Lipinski definition) is 3. The molecule has 0 radical (unpaired) electrons. The van der Waals surface area contributed by atoms with E-state index in [-0.39, 0.29) is 6.04 Å². The fourth-order valence-corrected chi connectivity index (χ4v) is 2.12. The Morgan fingerprint density at radius 3 is 2.82 bits per heavy atom. The predicted molar refractivity (Wildman–Crippen MR) is 66.5 cm³/mol. The van der Waals surface area contributed by atoms with E-state index in [9.17, 15) is 0 Å². The van der Waals surface area contributed by atoms with Crippen molar-refractivity contribution in [3.8, 4) is 0 Å². The van der Waals surface area contributed by atoms with Gasteiger partial charge in [0.15, 0.2) is 0 Å². The molecule has 2 N–H and O–H groups in total. The van der Waals surface area contributed by atoms with Crippen molar-refractivity contribution in [2.75, 3.05) is 0 Å². The normalized spacial score (nSPS) is 12.9. The summed E-state index contributed by atoms with van der Waals surface area (Å²) in [5.74, 6) is 0. The molecule has 1 unspecified atom stereocenters. The van der Waals surface area contributed by atoms with Gasteiger partial charge >= 0.3 is 0 Å². The quantitative estimate of drug-likeness (QED) is 0.864. The molecule has 0 saturated heterocycles. The lowest BCUT2D eigenvalue weighted by Gasteiger charge is -2.13. The second kappa shape index (κ2) is 4.71. The van der Waals surface area contributed by atoms with E-state index in [1.807, 2.05) is 28.7 Å². The minimum atomic E-state index is -0.152. The van der Waals surface area contributed by atoms with E-state index in [0.717, 1.165) is 29.9 Å². The van der Waals surface area contributed by atoms with Crippen LogP contribution in [0.1, 0.15) is 36.8 Å². The van der Waals surface area contributed by atoms with Crippen molar-refractivity contribution in [1.29, 1.82) is 0 Å². The maximum atomic E-state index is 6.31. The zero-order chi connectivity index (χ0) is 12.4. The number of aromatic nitrogens is 4. The van der Waals surface area contributed by atoms with Crippen molar-refractivity contribution in [3.05, 3.63) is 35.4 Å². The third-order valence-electron chi connectivity index (χ3n) is 2.98. The molecular formula is C12H19N5. The van der Waals surface area contributed by atoms with Crippen molar-refractivity contribution in [2.45, 2.75) is 32.9 Å². The second-order valence-electron chi connectivity index (χ2n) is 4.11. The molecule has 2 aromatic heterocycles. The summed E-state index contributed by atoms with van der Waals surface area (Å²) in [6, 6.07) is 1.82. The van der Waals surface area contributed by atoms with Crippen molar-refractivity contribution in [1.82, 2.24) is 19.6 Å². The van der Waals surface area contributed by atoms with Gasteiger partial charge in [0.05, 0.1) is 17.4 Å². The third kappa shape index (κ3) is 2.10. The lowest BCUT2D eigenvalue weighted by Crippen LogP contribution is -2.17. The molecule has 0 spiro atoms. The standard InChI is InChI=1S/C12H19N5/c1-4-10-9(8-16(3)15-10)12(13)11-6-7-14-17(11)5-2/h6-8,12H,4-5,13H2,1-3H3. The van der Waals surface area contributed by atoms with Crippen molar-refractivity contribution < 1.29 is 0 Å². The van der Waals surface area contributed by atoms with Gasteiger partial charge in [0.25, 0.3) is 0 Å². The van der Waals surface area contributed by atoms with Gasteiger partial charge < -0.3 is 5.73 Å². The summed E-state index contributed by atoms with van der Waals surface area (Å²) in [6.07, 6.45) is 4.68. The summed E-state index contributed by atoms with van der Waals surface area (Å²) in [6.45, 7) is 4.99. The number of aryl methyl sites for hydroxylation is 3. The fourth-order valence-electron chi connectivity index (χ4n) is 2.12. The molecule has 0 aliphatic heterocycles. The summed E-state index contributed by atoms with van der Waals surface area (Å²) >= 11 is 0. The van der Waals surface area contributed by atoms with Crippen LogP contribution in [-0.4, -0.2) is 19.6 Å². The minimum Gasteiger partial charge on any atom is -0.319 e. The molecule has 0 aliphatic rings. The van der Waals surface area contributed by atoms with Crippen LogP contribution in [0.4, 0.5) is 0 Å². The molecule has 5 nitrogen and oxygen atoms in total. The van der Waals surface area contributed by atoms with Gasteiger partial charge in [0.1, 0.15) is 0 Å². The summed E-state index contributed by atoms with van der Waals surface area (Å²) in [5.41, 5.74) is 9.50. The fraction of sp³-hybridized carbons (Fsp3) is 0.500. The average molecular weight is 233 g/mol. The first-order valence-corrected chi connectivity index (χ1v) is 5.97. The van der Waals surface area contributed by atoms with E-state index in [0.29, 0.717) is 0 Å². The molecule has 0 bridgehead atoms. The maximum absolute atomic E-state index is 6.31. The highest BCUT2D eigenvalue weighted by molar-refractivity contribution is 5.29. The number of hydrogen-bond donors (Lipinski definition) is 1. The lowest BCUT2D eigenvalue weighted by atomic mass is 10.0. The van der Waals surface area contributed by atoms with E-state index in [2.05, 4.69) is 24.0 Å². The topological polar surface area (TPSA) is 61.7 Å². The van der Waals surface area contributed by atoms with Gasteiger partial charge in [-0.2, -0.15) is 10.2 Å². The first-order valence-electron chi connectivity index (χ1n) is 5.97. The van der Waals surface area contributed by atoms with Crippen LogP contribution in [0.2, 0.25) is 0 Å². The number of nitrogens with two attached hydrogens (primary N) is 1. The molecule has 2 rings (SSSR count). The molecule has 0 fully saturated rings. The summed E-state index contributed by atoms with van der Waals surface area (Å²) in [7, 11) is 1.92. The highest BCUT2D eigenvalue weighted by Gasteiger charge is 2.18. The Hall–Kier alpha value is -1.62. The molecule has 0 amide bonds. The second-order valence-corrected chi connectivity index (χ2v) is 4.11. The van der Waals surface area contributed by atoms with Gasteiger partial charge in [0.2, 0.25) is 0 Å². The van der Waals surface area contributed by atoms with Crippen molar-refractivity contribution in [3.63, 3.8) is 0 Å². The first kappa shape index (κ1) is 11.9. The van der Waals surface area contributed by atoms with E-state index in [1.54, 1.807) is 6.20 Å². The zero-order valence-electron chi connectivity index (χ0n) is 10.6. The summed E-state index contributed by atoms with van der Waals surface area (Å²) in [5, 5.41) is 8.68. The smallest absolute Gasteiger partial charge is 0.0756 e. The molecule has 0 saturated carbocycles. The molecule has 0 aliphatic carbocycles. The first-order chi connectivity index (χ1) is 8.17. The molecule has 2 heterocycles. The molecule has 92 valence electrons. The SMILES string of the molecule is CCc1nn(C)cc1C(N)c1ccnn1CC. The highest BCUT2D eigenvalue weighted by Crippen LogP contribution is 2.22. The number of nitrogens with zero attached hydrogens (tertiary/aromatic N) is 4. The predicted octanol–water partition coefficient (Wildman–Crippen LogP) is 1.25. The monoisotopic (exact) mass is 233 g/mol. The molecule has 1 atom stereocenters. The Kier molecular flexibility index (Phi) is 3.28. The van der Waals surface area contributed by atoms with Crippen LogP contribution in [0.15, 0.2) is 18.5 Å². The van der Waals surface area contributed by atoms with Crippen LogP contribution in [-0.2, 0) is 20.0 Å². The van der Waals surface area contributed by atoms with E-state index in [4.69, 9.17) is 5.73 Å². The average Bonchev–Trinajstić information content (AvgIpc) is 2.93. The Labute approximate surface area is 101 Å². The van der Waals surface area contributed by atoms with Gasteiger partial charge in [-0.05, 0) is 19.4 Å². The van der Waals surface area contributed by atoms with E-state index in [1.165, 1.54) is 0 Å². The van der Waals surface area contributed by atoms with Crippen molar-refractivity contribution >= 4 is 0 Å². The maximum Gasteiger partial charge on any atom is 0.0756 e. The zero-order valence-corrected chi connectivity index (χ0v) is 10.6. The van der Waals surface area contributed by atoms with Crippen LogP contribution >= 0.6 is 0 Å². The van der Waals surface area contributed by atoms with E-state index < -0.39 is 0 Å². The molecule has 2 aromatic rings. The lowest BCUT2D eigenvalue weighted by molar-refractivity contribution is 0.599.